The normalized spacial score (nSPS) is 11.5. The highest BCUT2D eigenvalue weighted by atomic mass is 32.2. The SMILES string of the molecule is CCOc1ccc(S(=O)(=O)N(C)CC(=O)NCCCn2ccnc2)cc1. The van der Waals surface area contributed by atoms with E-state index in [1.54, 1.807) is 24.7 Å². The Morgan fingerprint density at radius 3 is 2.65 bits per heavy atom. The van der Waals surface area contributed by atoms with Gasteiger partial charge in [0.1, 0.15) is 5.75 Å². The minimum absolute atomic E-state index is 0.122. The molecule has 0 aliphatic heterocycles. The van der Waals surface area contributed by atoms with Gasteiger partial charge in [-0.2, -0.15) is 4.31 Å². The van der Waals surface area contributed by atoms with Crippen LogP contribution in [0.2, 0.25) is 0 Å². The molecule has 1 N–H and O–H groups in total. The molecule has 2 aromatic rings. The number of aryl methyl sites for hydroxylation is 1. The van der Waals surface area contributed by atoms with Crippen LogP contribution in [0.1, 0.15) is 13.3 Å². The number of hydrogen-bond donors (Lipinski definition) is 1. The van der Waals surface area contributed by atoms with Crippen molar-refractivity contribution in [1.82, 2.24) is 19.2 Å². The van der Waals surface area contributed by atoms with Crippen LogP contribution < -0.4 is 10.1 Å². The quantitative estimate of drug-likeness (QED) is 0.623. The molecule has 1 aromatic heterocycles. The van der Waals surface area contributed by atoms with Crippen molar-refractivity contribution in [3.63, 3.8) is 0 Å². The van der Waals surface area contributed by atoms with Gasteiger partial charge < -0.3 is 14.6 Å². The van der Waals surface area contributed by atoms with Gasteiger partial charge in [-0.05, 0) is 37.6 Å². The monoisotopic (exact) mass is 380 g/mol. The molecule has 26 heavy (non-hydrogen) atoms. The third-order valence-electron chi connectivity index (χ3n) is 3.68. The van der Waals surface area contributed by atoms with Crippen molar-refractivity contribution in [2.45, 2.75) is 24.8 Å². The second-order valence-corrected chi connectivity index (χ2v) is 7.71. The van der Waals surface area contributed by atoms with Crippen molar-refractivity contribution < 1.29 is 17.9 Å². The molecule has 0 spiro atoms. The molecule has 142 valence electrons. The molecule has 1 aromatic carbocycles. The number of nitrogens with one attached hydrogen (secondary N) is 1. The van der Waals surface area contributed by atoms with Gasteiger partial charge >= 0.3 is 0 Å². The lowest BCUT2D eigenvalue weighted by Gasteiger charge is -2.17. The third-order valence-corrected chi connectivity index (χ3v) is 5.50. The number of imidazole rings is 1. The fraction of sp³-hybridized carbons (Fsp3) is 0.412. The highest BCUT2D eigenvalue weighted by molar-refractivity contribution is 7.89. The molecule has 0 saturated carbocycles. The second kappa shape index (κ2) is 9.35. The van der Waals surface area contributed by atoms with E-state index in [9.17, 15) is 13.2 Å². The summed E-state index contributed by atoms with van der Waals surface area (Å²) in [7, 11) is -2.34. The van der Waals surface area contributed by atoms with Crippen LogP contribution in [0.3, 0.4) is 0 Å². The van der Waals surface area contributed by atoms with E-state index in [1.807, 2.05) is 17.7 Å². The first kappa shape index (κ1) is 19.9. The van der Waals surface area contributed by atoms with Crippen LogP contribution in [0.4, 0.5) is 0 Å². The number of benzene rings is 1. The van der Waals surface area contributed by atoms with E-state index in [4.69, 9.17) is 4.74 Å². The minimum Gasteiger partial charge on any atom is -0.494 e. The van der Waals surface area contributed by atoms with Crippen molar-refractivity contribution in [2.24, 2.45) is 0 Å². The van der Waals surface area contributed by atoms with Gasteiger partial charge in [0.2, 0.25) is 15.9 Å². The van der Waals surface area contributed by atoms with Crippen LogP contribution in [0, 0.1) is 0 Å². The molecule has 0 fully saturated rings. The van der Waals surface area contributed by atoms with Crippen LogP contribution in [0.5, 0.6) is 5.75 Å². The van der Waals surface area contributed by atoms with E-state index in [-0.39, 0.29) is 17.3 Å². The van der Waals surface area contributed by atoms with Gasteiger partial charge in [0, 0.05) is 32.5 Å². The first-order chi connectivity index (χ1) is 12.4. The Bertz CT molecular complexity index is 789. The number of carbonyl (C=O) groups excluding carboxylic acids is 1. The largest absolute Gasteiger partial charge is 0.494 e. The van der Waals surface area contributed by atoms with E-state index >= 15 is 0 Å². The maximum absolute atomic E-state index is 12.5. The Balaban J connectivity index is 1.82. The Hall–Kier alpha value is -2.39. The Labute approximate surface area is 153 Å². The van der Waals surface area contributed by atoms with Crippen molar-refractivity contribution in [1.29, 1.82) is 0 Å². The average molecular weight is 380 g/mol. The Morgan fingerprint density at radius 1 is 1.31 bits per heavy atom. The molecule has 2 rings (SSSR count). The topological polar surface area (TPSA) is 93.5 Å². The van der Waals surface area contributed by atoms with Gasteiger partial charge in [0.25, 0.3) is 0 Å². The van der Waals surface area contributed by atoms with Gasteiger partial charge in [0.15, 0.2) is 0 Å². The smallest absolute Gasteiger partial charge is 0.243 e. The molecule has 1 amide bonds. The molecule has 0 bridgehead atoms. The molecule has 9 heteroatoms. The fourth-order valence-corrected chi connectivity index (χ4v) is 3.43. The molecule has 0 saturated heterocycles. The molecule has 8 nitrogen and oxygen atoms in total. The van der Waals surface area contributed by atoms with E-state index in [0.29, 0.717) is 18.9 Å². The summed E-state index contributed by atoms with van der Waals surface area (Å²) in [5.41, 5.74) is 0. The van der Waals surface area contributed by atoms with Gasteiger partial charge in [-0.1, -0.05) is 0 Å². The molecule has 0 aliphatic carbocycles. The number of ether oxygens (including phenoxy) is 1. The first-order valence-corrected chi connectivity index (χ1v) is 9.79. The predicted molar refractivity (Wildman–Crippen MR) is 97.3 cm³/mol. The predicted octanol–water partition coefficient (Wildman–Crippen LogP) is 1.11. The lowest BCUT2D eigenvalue weighted by atomic mass is 10.3. The number of sulfonamides is 1. The second-order valence-electron chi connectivity index (χ2n) is 5.67. The summed E-state index contributed by atoms with van der Waals surface area (Å²) < 4.78 is 33.3. The Kier molecular flexibility index (Phi) is 7.16. The summed E-state index contributed by atoms with van der Waals surface area (Å²) in [5, 5.41) is 2.73. The van der Waals surface area contributed by atoms with Crippen LogP contribution in [-0.4, -0.2) is 54.9 Å². The number of carbonyl (C=O) groups is 1. The van der Waals surface area contributed by atoms with Crippen LogP contribution in [-0.2, 0) is 21.4 Å². The van der Waals surface area contributed by atoms with Crippen LogP contribution in [0.25, 0.3) is 0 Å². The van der Waals surface area contributed by atoms with Gasteiger partial charge in [-0.25, -0.2) is 13.4 Å². The summed E-state index contributed by atoms with van der Waals surface area (Å²) in [4.78, 5) is 16.0. The van der Waals surface area contributed by atoms with Crippen molar-refractivity contribution >= 4 is 15.9 Å². The molecule has 0 aliphatic rings. The van der Waals surface area contributed by atoms with Gasteiger partial charge in [0.05, 0.1) is 24.4 Å². The van der Waals surface area contributed by atoms with E-state index < -0.39 is 10.0 Å². The maximum Gasteiger partial charge on any atom is 0.243 e. The number of aromatic nitrogens is 2. The van der Waals surface area contributed by atoms with Crippen molar-refractivity contribution in [2.75, 3.05) is 26.7 Å². The first-order valence-electron chi connectivity index (χ1n) is 8.35. The number of amides is 1. The average Bonchev–Trinajstić information content (AvgIpc) is 3.13. The lowest BCUT2D eigenvalue weighted by Crippen LogP contribution is -2.38. The molecule has 0 radical (unpaired) electrons. The van der Waals surface area contributed by atoms with E-state index in [1.165, 1.54) is 19.2 Å². The summed E-state index contributed by atoms with van der Waals surface area (Å²) in [6, 6.07) is 6.14. The number of likely N-dealkylation sites (N-methyl/N-ethyl adjacent to an activating group) is 1. The van der Waals surface area contributed by atoms with Crippen molar-refractivity contribution in [3.8, 4) is 5.75 Å². The highest BCUT2D eigenvalue weighted by Gasteiger charge is 2.22. The summed E-state index contributed by atoms with van der Waals surface area (Å²) >= 11 is 0. The number of rotatable bonds is 10. The van der Waals surface area contributed by atoms with Crippen LogP contribution >= 0.6 is 0 Å². The maximum atomic E-state index is 12.5. The third kappa shape index (κ3) is 5.57. The van der Waals surface area contributed by atoms with Crippen LogP contribution in [0.15, 0.2) is 47.9 Å². The zero-order valence-electron chi connectivity index (χ0n) is 15.0. The lowest BCUT2D eigenvalue weighted by molar-refractivity contribution is -0.121. The van der Waals surface area contributed by atoms with Crippen molar-refractivity contribution in [3.05, 3.63) is 43.0 Å². The minimum atomic E-state index is -3.73. The Morgan fingerprint density at radius 2 is 2.04 bits per heavy atom. The zero-order chi connectivity index (χ0) is 19.0. The molecular weight excluding hydrogens is 356 g/mol. The molecule has 1 heterocycles. The standard InChI is InChI=1S/C17H24N4O4S/c1-3-25-15-5-7-16(8-6-15)26(23,24)20(2)13-17(22)19-9-4-11-21-12-10-18-14-21/h5-8,10,12,14H,3-4,9,11,13H2,1-2H3,(H,19,22). The number of nitrogens with zero attached hydrogens (tertiary/aromatic N) is 3. The summed E-state index contributed by atoms with van der Waals surface area (Å²) in [5.74, 6) is 0.261. The zero-order valence-corrected chi connectivity index (χ0v) is 15.8. The molecule has 0 unspecified atom stereocenters. The van der Waals surface area contributed by atoms with E-state index in [2.05, 4.69) is 10.3 Å². The number of hydrogen-bond acceptors (Lipinski definition) is 5. The fourth-order valence-electron chi connectivity index (χ4n) is 2.31. The molecular formula is C17H24N4O4S. The summed E-state index contributed by atoms with van der Waals surface area (Å²) in [6.07, 6.45) is 5.98. The van der Waals surface area contributed by atoms with Gasteiger partial charge in [-0.3, -0.25) is 4.79 Å². The summed E-state index contributed by atoms with van der Waals surface area (Å²) in [6.45, 7) is 3.33. The van der Waals surface area contributed by atoms with Gasteiger partial charge in [-0.15, -0.1) is 0 Å². The van der Waals surface area contributed by atoms with E-state index in [0.717, 1.165) is 17.3 Å². The molecule has 0 atom stereocenters. The highest BCUT2D eigenvalue weighted by Crippen LogP contribution is 2.18.